The van der Waals surface area contributed by atoms with Gasteiger partial charge in [-0.1, -0.05) is 30.3 Å². The van der Waals surface area contributed by atoms with E-state index in [4.69, 9.17) is 5.11 Å². The Morgan fingerprint density at radius 3 is 2.14 bits per heavy atom. The minimum absolute atomic E-state index is 0.178. The summed E-state index contributed by atoms with van der Waals surface area (Å²) in [5.41, 5.74) is -1.80. The molecule has 0 bridgehead atoms. The molecule has 0 amide bonds. The lowest BCUT2D eigenvalue weighted by Crippen LogP contribution is -2.26. The van der Waals surface area contributed by atoms with Crippen LogP contribution >= 0.6 is 0 Å². The predicted molar refractivity (Wildman–Crippen MR) is 45.3 cm³/mol. The molecule has 1 aliphatic carbocycles. The number of carbonyl (C=O) groups is 1. The van der Waals surface area contributed by atoms with Crippen molar-refractivity contribution in [2.45, 2.75) is 17.8 Å². The highest BCUT2D eigenvalue weighted by atomic mass is 19.3. The number of hydrogen-bond acceptors (Lipinski definition) is 1. The molecule has 0 aromatic heterocycles. The number of carboxylic acid groups (broad SMARTS) is 1. The van der Waals surface area contributed by atoms with Gasteiger partial charge >= 0.3 is 5.97 Å². The van der Waals surface area contributed by atoms with Crippen LogP contribution in [-0.4, -0.2) is 17.0 Å². The first-order chi connectivity index (χ1) is 6.51. The zero-order valence-electron chi connectivity index (χ0n) is 7.21. The third-order valence-electron chi connectivity index (χ3n) is 2.62. The highest BCUT2D eigenvalue weighted by molar-refractivity contribution is 5.87. The van der Waals surface area contributed by atoms with E-state index in [-0.39, 0.29) is 5.56 Å². The number of rotatable bonds is 2. The summed E-state index contributed by atoms with van der Waals surface area (Å²) in [5, 5.41) is 8.81. The smallest absolute Gasteiger partial charge is 0.320 e. The lowest BCUT2D eigenvalue weighted by Gasteiger charge is -2.10. The molecule has 1 saturated carbocycles. The van der Waals surface area contributed by atoms with Gasteiger partial charge in [-0.25, -0.2) is 8.78 Å². The topological polar surface area (TPSA) is 37.3 Å². The van der Waals surface area contributed by atoms with E-state index in [2.05, 4.69) is 0 Å². The summed E-state index contributed by atoms with van der Waals surface area (Å²) >= 11 is 0. The minimum Gasteiger partial charge on any atom is -0.480 e. The second-order valence-corrected chi connectivity index (χ2v) is 3.46. The van der Waals surface area contributed by atoms with Crippen LogP contribution in [0.2, 0.25) is 0 Å². The van der Waals surface area contributed by atoms with Gasteiger partial charge in [-0.05, 0) is 5.56 Å². The van der Waals surface area contributed by atoms with Crippen LogP contribution in [0.15, 0.2) is 30.3 Å². The molecule has 0 aliphatic heterocycles. The number of carboxylic acids is 1. The zero-order chi connectivity index (χ0) is 10.4. The lowest BCUT2D eigenvalue weighted by atomic mass is 9.96. The maximum absolute atomic E-state index is 13.0. The Labute approximate surface area is 79.2 Å². The van der Waals surface area contributed by atoms with Crippen molar-refractivity contribution in [3.63, 3.8) is 0 Å². The maximum atomic E-state index is 13.0. The molecule has 1 fully saturated rings. The van der Waals surface area contributed by atoms with Gasteiger partial charge in [-0.2, -0.15) is 0 Å². The number of benzene rings is 1. The maximum Gasteiger partial charge on any atom is 0.320 e. The van der Waals surface area contributed by atoms with Crippen LogP contribution in [0, 0.1) is 0 Å². The van der Waals surface area contributed by atoms with Gasteiger partial charge in [-0.15, -0.1) is 0 Å². The zero-order valence-corrected chi connectivity index (χ0v) is 7.21. The van der Waals surface area contributed by atoms with Gasteiger partial charge < -0.3 is 5.11 Å². The molecule has 0 heterocycles. The first-order valence-electron chi connectivity index (χ1n) is 4.17. The van der Waals surface area contributed by atoms with Crippen LogP contribution in [0.5, 0.6) is 0 Å². The molecule has 2 rings (SSSR count). The quantitative estimate of drug-likeness (QED) is 0.789. The summed E-state index contributed by atoms with van der Waals surface area (Å²) < 4.78 is 26.0. The van der Waals surface area contributed by atoms with E-state index in [9.17, 15) is 13.6 Å². The molecular formula is C10H8F2O2. The van der Waals surface area contributed by atoms with Crippen molar-refractivity contribution in [1.82, 2.24) is 0 Å². The van der Waals surface area contributed by atoms with E-state index in [0.29, 0.717) is 0 Å². The van der Waals surface area contributed by atoms with Gasteiger partial charge in [0.2, 0.25) is 0 Å². The summed E-state index contributed by atoms with van der Waals surface area (Å²) in [6.45, 7) is 0. The molecule has 1 atom stereocenters. The number of alkyl halides is 2. The molecule has 0 saturated heterocycles. The van der Waals surface area contributed by atoms with Crippen LogP contribution < -0.4 is 0 Å². The third kappa shape index (κ3) is 0.967. The van der Waals surface area contributed by atoms with E-state index in [1.54, 1.807) is 18.2 Å². The second-order valence-electron chi connectivity index (χ2n) is 3.46. The average molecular weight is 198 g/mol. The van der Waals surface area contributed by atoms with Crippen molar-refractivity contribution in [3.05, 3.63) is 35.9 Å². The van der Waals surface area contributed by atoms with Gasteiger partial charge in [0.05, 0.1) is 0 Å². The Morgan fingerprint density at radius 2 is 1.79 bits per heavy atom. The Balaban J connectivity index is 2.47. The van der Waals surface area contributed by atoms with Crippen molar-refractivity contribution in [1.29, 1.82) is 0 Å². The Morgan fingerprint density at radius 1 is 1.29 bits per heavy atom. The normalized spacial score (nSPS) is 28.4. The Kier molecular flexibility index (Phi) is 1.65. The largest absolute Gasteiger partial charge is 0.480 e. The number of aliphatic carboxylic acids is 1. The third-order valence-corrected chi connectivity index (χ3v) is 2.62. The number of hydrogen-bond donors (Lipinski definition) is 1. The molecule has 1 aliphatic rings. The van der Waals surface area contributed by atoms with Gasteiger partial charge in [0.25, 0.3) is 5.92 Å². The van der Waals surface area contributed by atoms with Crippen molar-refractivity contribution < 1.29 is 18.7 Å². The number of halogens is 2. The highest BCUT2D eigenvalue weighted by Gasteiger charge is 2.77. The minimum atomic E-state index is -3.11. The molecular weight excluding hydrogens is 190 g/mol. The summed E-state index contributed by atoms with van der Waals surface area (Å²) in [6, 6.07) is 7.65. The molecule has 2 nitrogen and oxygen atoms in total. The van der Waals surface area contributed by atoms with Gasteiger partial charge in [0.15, 0.2) is 5.41 Å². The molecule has 1 aromatic carbocycles. The van der Waals surface area contributed by atoms with Crippen LogP contribution in [0.3, 0.4) is 0 Å². The molecule has 14 heavy (non-hydrogen) atoms. The highest BCUT2D eigenvalue weighted by Crippen LogP contribution is 2.61. The predicted octanol–water partition coefficient (Wildman–Crippen LogP) is 2.05. The second kappa shape index (κ2) is 2.53. The van der Waals surface area contributed by atoms with E-state index >= 15 is 0 Å². The fourth-order valence-electron chi connectivity index (χ4n) is 1.68. The van der Waals surface area contributed by atoms with E-state index in [1.807, 2.05) is 0 Å². The van der Waals surface area contributed by atoms with Gasteiger partial charge in [0, 0.05) is 6.42 Å². The molecule has 4 heteroatoms. The fraction of sp³-hybridized carbons (Fsp3) is 0.300. The van der Waals surface area contributed by atoms with Gasteiger partial charge in [-0.3, -0.25) is 4.79 Å². The van der Waals surface area contributed by atoms with Crippen molar-refractivity contribution >= 4 is 5.97 Å². The monoisotopic (exact) mass is 198 g/mol. The first-order valence-corrected chi connectivity index (χ1v) is 4.17. The first kappa shape index (κ1) is 9.12. The van der Waals surface area contributed by atoms with Crippen molar-refractivity contribution in [3.8, 4) is 0 Å². The fourth-order valence-corrected chi connectivity index (χ4v) is 1.68. The molecule has 0 radical (unpaired) electrons. The van der Waals surface area contributed by atoms with Crippen LogP contribution in [0.4, 0.5) is 8.78 Å². The van der Waals surface area contributed by atoms with E-state index in [1.165, 1.54) is 12.1 Å². The Bertz CT molecular complexity index is 375. The molecule has 1 aromatic rings. The van der Waals surface area contributed by atoms with Crippen molar-refractivity contribution in [2.75, 3.05) is 0 Å². The molecule has 1 unspecified atom stereocenters. The molecule has 0 spiro atoms. The molecule has 1 N–H and O–H groups in total. The van der Waals surface area contributed by atoms with Crippen molar-refractivity contribution in [2.24, 2.45) is 0 Å². The lowest BCUT2D eigenvalue weighted by molar-refractivity contribution is -0.142. The van der Waals surface area contributed by atoms with E-state index in [0.717, 1.165) is 0 Å². The SMILES string of the molecule is O=C(O)C1(c2ccccc2)CC1(F)F. The van der Waals surface area contributed by atoms with Crippen LogP contribution in [0.1, 0.15) is 12.0 Å². The summed E-state index contributed by atoms with van der Waals surface area (Å²) in [5.74, 6) is -4.56. The van der Waals surface area contributed by atoms with Crippen LogP contribution in [0.25, 0.3) is 0 Å². The molecule has 74 valence electrons. The summed E-state index contributed by atoms with van der Waals surface area (Å²) in [7, 11) is 0. The van der Waals surface area contributed by atoms with Gasteiger partial charge in [0.1, 0.15) is 0 Å². The summed E-state index contributed by atoms with van der Waals surface area (Å²) in [4.78, 5) is 10.8. The van der Waals surface area contributed by atoms with Crippen LogP contribution in [-0.2, 0) is 10.2 Å². The standard InChI is InChI=1S/C10H8F2O2/c11-10(12)6-9(10,8(13)14)7-4-2-1-3-5-7/h1-5H,6H2,(H,13,14). The van der Waals surface area contributed by atoms with E-state index < -0.39 is 23.7 Å². The average Bonchev–Trinajstić information content (AvgIpc) is 2.72. The Hall–Kier alpha value is -1.45. The summed E-state index contributed by atoms with van der Waals surface area (Å²) in [6.07, 6.45) is -0.598.